The maximum Gasteiger partial charge on any atom is 0.227 e. The van der Waals surface area contributed by atoms with E-state index in [-0.39, 0.29) is 11.2 Å². The van der Waals surface area contributed by atoms with Gasteiger partial charge in [0.05, 0.1) is 5.25 Å². The lowest BCUT2D eigenvalue weighted by atomic mass is 10.0. The Morgan fingerprint density at radius 1 is 0.913 bits per heavy atom. The minimum atomic E-state index is -3.46. The fourth-order valence-electron chi connectivity index (χ4n) is 3.17. The summed E-state index contributed by atoms with van der Waals surface area (Å²) in [4.78, 5) is 11.9. The molecule has 0 aliphatic heterocycles. The second-order valence-corrected chi connectivity index (χ2v) is 10.3. The molecule has 0 heterocycles. The predicted octanol–water partition coefficient (Wildman–Crippen LogP) is 3.69. The molecule has 0 fully saturated rings. The van der Waals surface area contributed by atoms with Gasteiger partial charge in [0, 0.05) is 18.4 Å². The highest BCUT2D eigenvalue weighted by Crippen LogP contribution is 2.44. The van der Waals surface area contributed by atoms with Crippen molar-refractivity contribution >= 4 is 15.2 Å². The summed E-state index contributed by atoms with van der Waals surface area (Å²) >= 11 is 0. The lowest BCUT2D eigenvalue weighted by molar-refractivity contribution is -0.117. The van der Waals surface area contributed by atoms with Gasteiger partial charge in [-0.3, -0.25) is 13.7 Å². The van der Waals surface area contributed by atoms with Crippen molar-refractivity contribution in [3.63, 3.8) is 0 Å². The first-order valence-electron chi connectivity index (χ1n) is 7.95. The van der Waals surface area contributed by atoms with E-state index >= 15 is 0 Å². The summed E-state index contributed by atoms with van der Waals surface area (Å²) in [6, 6.07) is 19.6. The van der Waals surface area contributed by atoms with E-state index < -0.39 is 9.25 Å². The van der Waals surface area contributed by atoms with Crippen LogP contribution < -0.4 is 4.72 Å². The van der Waals surface area contributed by atoms with E-state index in [0.717, 1.165) is 11.1 Å². The van der Waals surface area contributed by atoms with E-state index in [4.69, 9.17) is 0 Å². The van der Waals surface area contributed by atoms with Gasteiger partial charge in [0.25, 0.3) is 0 Å². The number of hydrogen-bond donors (Lipinski definition) is 1. The number of nitrogens with one attached hydrogen (secondary N) is 1. The lowest BCUT2D eigenvalue weighted by Crippen LogP contribution is -2.57. The van der Waals surface area contributed by atoms with Gasteiger partial charge in [-0.15, -0.1) is 0 Å². The van der Waals surface area contributed by atoms with Crippen molar-refractivity contribution in [3.8, 4) is 0 Å². The molecule has 2 aromatic rings. The van der Waals surface area contributed by atoms with Gasteiger partial charge >= 0.3 is 0 Å². The number of benzene rings is 2. The van der Waals surface area contributed by atoms with Gasteiger partial charge in [-0.1, -0.05) is 74.5 Å². The highest BCUT2D eigenvalue weighted by molar-refractivity contribution is 8.19. The largest absolute Gasteiger partial charge is 0.294 e. The topological polar surface area (TPSA) is 46.2 Å². The van der Waals surface area contributed by atoms with E-state index in [0.29, 0.717) is 11.5 Å². The first-order valence-corrected chi connectivity index (χ1v) is 10.3. The lowest BCUT2D eigenvalue weighted by Gasteiger charge is -2.48. The van der Waals surface area contributed by atoms with Crippen LogP contribution in [0.4, 0.5) is 0 Å². The molecule has 124 valence electrons. The second kappa shape index (κ2) is 6.67. The Bertz CT molecular complexity index is 678. The summed E-state index contributed by atoms with van der Waals surface area (Å²) in [5.74, 6) is 0.561. The van der Waals surface area contributed by atoms with Crippen molar-refractivity contribution < 1.29 is 9.00 Å². The zero-order valence-corrected chi connectivity index (χ0v) is 14.8. The molecular formula is C19H25NO2S. The summed E-state index contributed by atoms with van der Waals surface area (Å²) in [7, 11) is -3.46. The third-order valence-electron chi connectivity index (χ3n) is 4.41. The Kier molecular flexibility index (Phi) is 5.05. The van der Waals surface area contributed by atoms with Gasteiger partial charge < -0.3 is 0 Å². The minimum Gasteiger partial charge on any atom is -0.294 e. The van der Waals surface area contributed by atoms with Crippen LogP contribution >= 0.6 is 0 Å². The molecule has 3 nitrogen and oxygen atoms in total. The van der Waals surface area contributed by atoms with Crippen LogP contribution in [-0.2, 0) is 14.0 Å². The maximum atomic E-state index is 14.3. The first kappa shape index (κ1) is 17.4. The maximum absolute atomic E-state index is 14.3. The predicted molar refractivity (Wildman–Crippen MR) is 97.8 cm³/mol. The Morgan fingerprint density at radius 2 is 1.30 bits per heavy atom. The van der Waals surface area contributed by atoms with Crippen molar-refractivity contribution in [1.82, 2.24) is 4.72 Å². The van der Waals surface area contributed by atoms with Crippen LogP contribution in [0.3, 0.4) is 0 Å². The third kappa shape index (κ3) is 3.37. The first-order chi connectivity index (χ1) is 10.9. The molecule has 1 amide bonds. The van der Waals surface area contributed by atoms with Crippen LogP contribution in [0, 0.1) is 0 Å². The standard InChI is InChI=1S/C19H25NO2S/c1-4-23(22,5-2,20-16(3)21)19(17-12-8-6-9-13-17)18-14-10-7-11-15-18/h6-15,19H,4-5H2,1-3H3,(H,20,21,22). The van der Waals surface area contributed by atoms with Crippen LogP contribution in [-0.4, -0.2) is 21.6 Å². The summed E-state index contributed by atoms with van der Waals surface area (Å²) in [6.45, 7) is 5.23. The van der Waals surface area contributed by atoms with E-state index in [1.165, 1.54) is 6.92 Å². The van der Waals surface area contributed by atoms with Gasteiger partial charge in [-0.25, -0.2) is 0 Å². The van der Waals surface area contributed by atoms with Gasteiger partial charge in [-0.2, -0.15) is 0 Å². The third-order valence-corrected chi connectivity index (χ3v) is 9.36. The molecule has 2 aromatic carbocycles. The molecule has 0 aliphatic carbocycles. The van der Waals surface area contributed by atoms with Crippen molar-refractivity contribution in [1.29, 1.82) is 0 Å². The number of rotatable bonds is 6. The fourth-order valence-corrected chi connectivity index (χ4v) is 6.92. The van der Waals surface area contributed by atoms with Crippen molar-refractivity contribution in [2.45, 2.75) is 26.0 Å². The minimum absolute atomic E-state index is 0.248. The van der Waals surface area contributed by atoms with Crippen molar-refractivity contribution in [2.24, 2.45) is 0 Å². The average Bonchev–Trinajstić information content (AvgIpc) is 2.56. The zero-order chi connectivity index (χ0) is 16.9. The van der Waals surface area contributed by atoms with Crippen LogP contribution in [0.15, 0.2) is 60.7 Å². The summed E-state index contributed by atoms with van der Waals surface area (Å²) in [5, 5.41) is -0.353. The molecule has 4 heteroatoms. The smallest absolute Gasteiger partial charge is 0.227 e. The molecule has 0 saturated heterocycles. The number of carbonyl (C=O) groups excluding carboxylic acids is 1. The number of hydrogen-bond acceptors (Lipinski definition) is 2. The van der Waals surface area contributed by atoms with Gasteiger partial charge in [0.1, 0.15) is 0 Å². The molecule has 2 rings (SSSR count). The normalized spacial score (nSPS) is 13.3. The molecule has 0 unspecified atom stereocenters. The van der Waals surface area contributed by atoms with Gasteiger partial charge in [0.15, 0.2) is 0 Å². The molecular weight excluding hydrogens is 306 g/mol. The van der Waals surface area contributed by atoms with E-state index in [2.05, 4.69) is 4.72 Å². The highest BCUT2D eigenvalue weighted by Gasteiger charge is 2.44. The molecule has 0 bridgehead atoms. The molecule has 0 aliphatic rings. The highest BCUT2D eigenvalue weighted by atomic mass is 32.3. The molecule has 0 atom stereocenters. The number of carbonyl (C=O) groups is 1. The Hall–Kier alpha value is -1.94. The van der Waals surface area contributed by atoms with Crippen LogP contribution in [0.25, 0.3) is 0 Å². The van der Waals surface area contributed by atoms with Gasteiger partial charge in [-0.05, 0) is 20.4 Å². The molecule has 0 saturated carbocycles. The van der Waals surface area contributed by atoms with E-state index in [1.807, 2.05) is 74.5 Å². The van der Waals surface area contributed by atoms with Crippen molar-refractivity contribution in [3.05, 3.63) is 71.8 Å². The molecule has 0 radical (unpaired) electrons. The zero-order valence-electron chi connectivity index (χ0n) is 14.0. The Morgan fingerprint density at radius 3 is 1.61 bits per heavy atom. The SMILES string of the molecule is CCS(=O)(CC)(NC(C)=O)C(c1ccccc1)c1ccccc1. The summed E-state index contributed by atoms with van der Waals surface area (Å²) in [5.41, 5.74) is 1.93. The monoisotopic (exact) mass is 331 g/mol. The number of amides is 1. The van der Waals surface area contributed by atoms with Crippen molar-refractivity contribution in [2.75, 3.05) is 11.5 Å². The van der Waals surface area contributed by atoms with E-state index in [1.54, 1.807) is 0 Å². The van der Waals surface area contributed by atoms with Crippen LogP contribution in [0.5, 0.6) is 0 Å². The summed E-state index contributed by atoms with van der Waals surface area (Å²) < 4.78 is 17.2. The molecule has 0 aromatic heterocycles. The van der Waals surface area contributed by atoms with Crippen LogP contribution in [0.2, 0.25) is 0 Å². The fraction of sp³-hybridized carbons (Fsp3) is 0.316. The Labute approximate surface area is 138 Å². The molecule has 23 heavy (non-hydrogen) atoms. The molecule has 0 spiro atoms. The average molecular weight is 331 g/mol. The van der Waals surface area contributed by atoms with Gasteiger partial charge in [0.2, 0.25) is 5.91 Å². The second-order valence-electron chi connectivity index (χ2n) is 5.80. The van der Waals surface area contributed by atoms with Crippen LogP contribution in [0.1, 0.15) is 37.1 Å². The summed E-state index contributed by atoms with van der Waals surface area (Å²) in [6.07, 6.45) is 0. The Balaban J connectivity index is 2.74. The van der Waals surface area contributed by atoms with E-state index in [9.17, 15) is 9.00 Å². The quantitative estimate of drug-likeness (QED) is 0.877. The molecule has 1 N–H and O–H groups in total.